The van der Waals surface area contributed by atoms with Crippen LogP contribution < -0.4 is 5.56 Å². The van der Waals surface area contributed by atoms with Gasteiger partial charge in [0.15, 0.2) is 11.6 Å². The van der Waals surface area contributed by atoms with Gasteiger partial charge < -0.3 is 5.11 Å². The predicted octanol–water partition coefficient (Wildman–Crippen LogP) is 4.97. The summed E-state index contributed by atoms with van der Waals surface area (Å²) in [5.74, 6) is -1.00. The van der Waals surface area contributed by atoms with Crippen molar-refractivity contribution in [2.24, 2.45) is 0 Å². The summed E-state index contributed by atoms with van der Waals surface area (Å²) in [7, 11) is 0. The fourth-order valence-corrected chi connectivity index (χ4v) is 3.59. The van der Waals surface area contributed by atoms with Crippen LogP contribution in [0.15, 0.2) is 83.7 Å². The van der Waals surface area contributed by atoms with E-state index < -0.39 is 11.6 Å². The molecular weight excluding hydrogens is 379 g/mol. The van der Waals surface area contributed by atoms with Crippen LogP contribution in [-0.4, -0.2) is 14.7 Å². The van der Waals surface area contributed by atoms with Gasteiger partial charge in [0.2, 0.25) is 0 Å². The number of phenolic OH excluding ortho intramolecular Hbond substituents is 1. The molecule has 0 aliphatic heterocycles. The van der Waals surface area contributed by atoms with E-state index >= 15 is 0 Å². The molecule has 3 aromatic carbocycles. The molecule has 4 nitrogen and oxygen atoms in total. The van der Waals surface area contributed by atoms with E-state index in [2.05, 4.69) is 4.98 Å². The number of para-hydroxylation sites is 1. The molecule has 0 spiro atoms. The minimum Gasteiger partial charge on any atom is -0.504 e. The van der Waals surface area contributed by atoms with Gasteiger partial charge in [-0.1, -0.05) is 66.7 Å². The summed E-state index contributed by atoms with van der Waals surface area (Å²) >= 11 is 0. The molecule has 0 aliphatic carbocycles. The standard InChI is InChI=1S/C25H21FN2O2/c1-17-22(19-11-6-3-7-12-19)25(30)28(16-15-18-9-4-2-5-10-18)24(27-17)20-13-8-14-21(26)23(20)29/h2-14,29H,15-16H2,1H3. The van der Waals surface area contributed by atoms with Crippen LogP contribution in [0.3, 0.4) is 0 Å². The highest BCUT2D eigenvalue weighted by atomic mass is 19.1. The summed E-state index contributed by atoms with van der Waals surface area (Å²) in [6.07, 6.45) is 0.600. The summed E-state index contributed by atoms with van der Waals surface area (Å²) in [5.41, 5.74) is 2.85. The second-order valence-corrected chi connectivity index (χ2v) is 7.09. The molecule has 0 amide bonds. The second-order valence-electron chi connectivity index (χ2n) is 7.09. The zero-order valence-electron chi connectivity index (χ0n) is 16.5. The summed E-state index contributed by atoms with van der Waals surface area (Å²) in [6.45, 7) is 2.10. The van der Waals surface area contributed by atoms with E-state index in [0.717, 1.165) is 11.1 Å². The fourth-order valence-electron chi connectivity index (χ4n) is 3.59. The van der Waals surface area contributed by atoms with E-state index in [4.69, 9.17) is 0 Å². The summed E-state index contributed by atoms with van der Waals surface area (Å²) < 4.78 is 15.6. The molecular formula is C25H21FN2O2. The number of aromatic hydroxyl groups is 1. The Morgan fingerprint density at radius 3 is 2.30 bits per heavy atom. The van der Waals surface area contributed by atoms with Gasteiger partial charge >= 0.3 is 0 Å². The Morgan fingerprint density at radius 2 is 1.60 bits per heavy atom. The topological polar surface area (TPSA) is 55.1 Å². The molecule has 0 fully saturated rings. The lowest BCUT2D eigenvalue weighted by Gasteiger charge is -2.17. The van der Waals surface area contributed by atoms with Crippen molar-refractivity contribution in [1.29, 1.82) is 0 Å². The lowest BCUT2D eigenvalue weighted by atomic mass is 10.0. The monoisotopic (exact) mass is 400 g/mol. The Kier molecular flexibility index (Phi) is 5.44. The SMILES string of the molecule is Cc1nc(-c2cccc(F)c2O)n(CCc2ccccc2)c(=O)c1-c1ccccc1. The van der Waals surface area contributed by atoms with Gasteiger partial charge in [0, 0.05) is 6.54 Å². The average molecular weight is 400 g/mol. The zero-order valence-corrected chi connectivity index (χ0v) is 16.5. The van der Waals surface area contributed by atoms with E-state index in [1.54, 1.807) is 13.0 Å². The van der Waals surface area contributed by atoms with Crippen LogP contribution in [-0.2, 0) is 13.0 Å². The van der Waals surface area contributed by atoms with E-state index in [1.165, 1.54) is 16.7 Å². The molecule has 0 bridgehead atoms. The maximum Gasteiger partial charge on any atom is 0.261 e. The van der Waals surface area contributed by atoms with Crippen molar-refractivity contribution in [3.8, 4) is 28.3 Å². The predicted molar refractivity (Wildman–Crippen MR) is 116 cm³/mol. The minimum absolute atomic E-state index is 0.197. The molecule has 1 aromatic heterocycles. The lowest BCUT2D eigenvalue weighted by Crippen LogP contribution is -2.27. The Balaban J connectivity index is 1.91. The number of hydrogen-bond acceptors (Lipinski definition) is 3. The van der Waals surface area contributed by atoms with Crippen molar-refractivity contribution in [3.05, 3.63) is 106 Å². The third kappa shape index (κ3) is 3.74. The molecule has 4 aromatic rings. The highest BCUT2D eigenvalue weighted by Gasteiger charge is 2.20. The van der Waals surface area contributed by atoms with Gasteiger partial charge in [0.05, 0.1) is 16.8 Å². The maximum absolute atomic E-state index is 14.0. The number of halogens is 1. The van der Waals surface area contributed by atoms with Gasteiger partial charge in [-0.15, -0.1) is 0 Å². The highest BCUT2D eigenvalue weighted by Crippen LogP contribution is 2.31. The Labute approximate surface area is 173 Å². The molecule has 0 unspecified atom stereocenters. The van der Waals surface area contributed by atoms with Crippen molar-refractivity contribution >= 4 is 0 Å². The largest absolute Gasteiger partial charge is 0.504 e. The van der Waals surface area contributed by atoms with Gasteiger partial charge in [-0.3, -0.25) is 9.36 Å². The van der Waals surface area contributed by atoms with Crippen molar-refractivity contribution in [2.75, 3.05) is 0 Å². The van der Waals surface area contributed by atoms with Crippen molar-refractivity contribution in [2.45, 2.75) is 19.9 Å². The number of rotatable bonds is 5. The van der Waals surface area contributed by atoms with Crippen LogP contribution in [0.25, 0.3) is 22.5 Å². The number of aromatic nitrogens is 2. The first kappa shape index (κ1) is 19.6. The van der Waals surface area contributed by atoms with Gasteiger partial charge in [-0.2, -0.15) is 0 Å². The third-order valence-corrected chi connectivity index (χ3v) is 5.11. The lowest BCUT2D eigenvalue weighted by molar-refractivity contribution is 0.433. The van der Waals surface area contributed by atoms with E-state index in [-0.39, 0.29) is 16.9 Å². The molecule has 150 valence electrons. The Morgan fingerprint density at radius 1 is 0.933 bits per heavy atom. The molecule has 0 atom stereocenters. The van der Waals surface area contributed by atoms with Crippen LogP contribution in [0.4, 0.5) is 4.39 Å². The quantitative estimate of drug-likeness (QED) is 0.514. The first-order chi connectivity index (χ1) is 14.6. The molecule has 30 heavy (non-hydrogen) atoms. The molecule has 1 heterocycles. The smallest absolute Gasteiger partial charge is 0.261 e. The van der Waals surface area contributed by atoms with Crippen molar-refractivity contribution < 1.29 is 9.50 Å². The first-order valence-electron chi connectivity index (χ1n) is 9.75. The maximum atomic E-state index is 14.0. The number of aryl methyl sites for hydroxylation is 2. The molecule has 5 heteroatoms. The van der Waals surface area contributed by atoms with Crippen LogP contribution in [0, 0.1) is 12.7 Å². The minimum atomic E-state index is -0.749. The van der Waals surface area contributed by atoms with Crippen molar-refractivity contribution in [3.63, 3.8) is 0 Å². The van der Waals surface area contributed by atoms with E-state index in [1.807, 2.05) is 60.7 Å². The highest BCUT2D eigenvalue weighted by molar-refractivity contribution is 5.69. The van der Waals surface area contributed by atoms with Gasteiger partial charge in [0.25, 0.3) is 5.56 Å². The Bertz CT molecular complexity index is 1240. The molecule has 0 saturated carbocycles. The summed E-state index contributed by atoms with van der Waals surface area (Å²) in [4.78, 5) is 18.2. The number of benzene rings is 3. The van der Waals surface area contributed by atoms with Gasteiger partial charge in [-0.25, -0.2) is 9.37 Å². The number of phenols is 1. The molecule has 4 rings (SSSR count). The van der Waals surface area contributed by atoms with E-state index in [9.17, 15) is 14.3 Å². The van der Waals surface area contributed by atoms with Crippen LogP contribution in [0.5, 0.6) is 5.75 Å². The number of hydrogen-bond donors (Lipinski definition) is 1. The molecule has 1 N–H and O–H groups in total. The molecule has 0 saturated heterocycles. The zero-order chi connectivity index (χ0) is 21.1. The average Bonchev–Trinajstić information content (AvgIpc) is 2.76. The summed E-state index contributed by atoms with van der Waals surface area (Å²) in [6, 6.07) is 23.4. The molecule has 0 radical (unpaired) electrons. The van der Waals surface area contributed by atoms with Gasteiger partial charge in [0.1, 0.15) is 5.82 Å². The fraction of sp³-hybridized carbons (Fsp3) is 0.120. The van der Waals surface area contributed by atoms with Gasteiger partial charge in [-0.05, 0) is 36.6 Å². The van der Waals surface area contributed by atoms with Crippen LogP contribution >= 0.6 is 0 Å². The third-order valence-electron chi connectivity index (χ3n) is 5.11. The second kappa shape index (κ2) is 8.33. The summed E-state index contributed by atoms with van der Waals surface area (Å²) in [5, 5.41) is 10.3. The van der Waals surface area contributed by atoms with Crippen LogP contribution in [0.2, 0.25) is 0 Å². The van der Waals surface area contributed by atoms with Crippen molar-refractivity contribution in [1.82, 2.24) is 9.55 Å². The number of nitrogens with zero attached hydrogens (tertiary/aromatic N) is 2. The Hall–Kier alpha value is -3.73. The van der Waals surface area contributed by atoms with Crippen LogP contribution in [0.1, 0.15) is 11.3 Å². The molecule has 0 aliphatic rings. The first-order valence-corrected chi connectivity index (χ1v) is 9.75. The van der Waals surface area contributed by atoms with E-state index in [0.29, 0.717) is 24.2 Å². The normalized spacial score (nSPS) is 10.9.